The Morgan fingerprint density at radius 1 is 1.25 bits per heavy atom. The molecule has 0 spiro atoms. The molecule has 0 aliphatic heterocycles. The molecule has 1 aliphatic carbocycles. The number of nitrogens with one attached hydrogen (secondary N) is 2. The second kappa shape index (κ2) is 5.48. The van der Waals surface area contributed by atoms with Crippen molar-refractivity contribution < 1.29 is 19.1 Å². The van der Waals surface area contributed by atoms with Crippen LogP contribution in [0, 0.1) is 12.7 Å². The largest absolute Gasteiger partial charge is 0.480 e. The molecular formula is C14H17FN2O3. The highest BCUT2D eigenvalue weighted by Crippen LogP contribution is 2.30. The lowest BCUT2D eigenvalue weighted by atomic mass is 9.98. The summed E-state index contributed by atoms with van der Waals surface area (Å²) < 4.78 is 13.2. The Bertz CT molecular complexity index is 519. The first kappa shape index (κ1) is 14.3. The molecule has 20 heavy (non-hydrogen) atoms. The standard InChI is InChI=1S/C14H17FN2O3/c1-9-6-10(15)8-11(7-9)16-13(20)17-14(12(18)19)4-2-3-5-14/h6-8H,2-5H2,1H3,(H,18,19)(H2,16,17,20). The monoisotopic (exact) mass is 280 g/mol. The molecule has 0 unspecified atom stereocenters. The van der Waals surface area contributed by atoms with Gasteiger partial charge in [0.15, 0.2) is 0 Å². The van der Waals surface area contributed by atoms with Crippen molar-refractivity contribution in [3.05, 3.63) is 29.6 Å². The molecule has 1 aromatic rings. The lowest BCUT2D eigenvalue weighted by Crippen LogP contribution is -2.53. The number of carboxylic acid groups (broad SMARTS) is 1. The first-order chi connectivity index (χ1) is 9.41. The van der Waals surface area contributed by atoms with Gasteiger partial charge in [-0.2, -0.15) is 0 Å². The van der Waals surface area contributed by atoms with Gasteiger partial charge in [0, 0.05) is 5.69 Å². The summed E-state index contributed by atoms with van der Waals surface area (Å²) in [6, 6.07) is 3.53. The van der Waals surface area contributed by atoms with E-state index >= 15 is 0 Å². The maximum atomic E-state index is 13.2. The minimum atomic E-state index is -1.20. The van der Waals surface area contributed by atoms with Gasteiger partial charge in [0.1, 0.15) is 11.4 Å². The molecule has 0 heterocycles. The van der Waals surface area contributed by atoms with Crippen LogP contribution in [0.25, 0.3) is 0 Å². The molecule has 0 bridgehead atoms. The molecular weight excluding hydrogens is 263 g/mol. The van der Waals surface area contributed by atoms with Gasteiger partial charge in [-0.05, 0) is 43.5 Å². The first-order valence-corrected chi connectivity index (χ1v) is 6.51. The fraction of sp³-hybridized carbons (Fsp3) is 0.429. The minimum absolute atomic E-state index is 0.304. The van der Waals surface area contributed by atoms with E-state index in [0.717, 1.165) is 12.8 Å². The number of aryl methyl sites for hydroxylation is 1. The van der Waals surface area contributed by atoms with Crippen molar-refractivity contribution in [2.45, 2.75) is 38.1 Å². The van der Waals surface area contributed by atoms with E-state index in [1.165, 1.54) is 12.1 Å². The van der Waals surface area contributed by atoms with Crippen LogP contribution in [-0.2, 0) is 4.79 Å². The summed E-state index contributed by atoms with van der Waals surface area (Å²) in [6.07, 6.45) is 2.37. The molecule has 3 N–H and O–H groups in total. The average Bonchev–Trinajstić information content (AvgIpc) is 2.76. The van der Waals surface area contributed by atoms with Crippen LogP contribution in [0.4, 0.5) is 14.9 Å². The van der Waals surface area contributed by atoms with Gasteiger partial charge in [-0.25, -0.2) is 14.0 Å². The third-order valence-corrected chi connectivity index (χ3v) is 3.52. The molecule has 1 saturated carbocycles. The molecule has 0 aromatic heterocycles. The van der Waals surface area contributed by atoms with Crippen molar-refractivity contribution in [2.24, 2.45) is 0 Å². The van der Waals surface area contributed by atoms with Gasteiger partial charge in [0.25, 0.3) is 0 Å². The molecule has 1 fully saturated rings. The van der Waals surface area contributed by atoms with Crippen LogP contribution in [0.15, 0.2) is 18.2 Å². The Morgan fingerprint density at radius 3 is 2.45 bits per heavy atom. The van der Waals surface area contributed by atoms with Crippen molar-refractivity contribution in [2.75, 3.05) is 5.32 Å². The zero-order chi connectivity index (χ0) is 14.8. The third-order valence-electron chi connectivity index (χ3n) is 3.52. The third kappa shape index (κ3) is 3.07. The highest BCUT2D eigenvalue weighted by Gasteiger charge is 2.42. The molecule has 1 aromatic carbocycles. The number of carbonyl (C=O) groups excluding carboxylic acids is 1. The average molecular weight is 280 g/mol. The topological polar surface area (TPSA) is 78.4 Å². The number of hydrogen-bond acceptors (Lipinski definition) is 2. The second-order valence-electron chi connectivity index (χ2n) is 5.19. The lowest BCUT2D eigenvalue weighted by Gasteiger charge is -2.25. The van der Waals surface area contributed by atoms with Crippen LogP contribution in [0.5, 0.6) is 0 Å². The van der Waals surface area contributed by atoms with Crippen molar-refractivity contribution in [3.8, 4) is 0 Å². The molecule has 1 aliphatic rings. The molecule has 2 amide bonds. The van der Waals surface area contributed by atoms with E-state index in [2.05, 4.69) is 10.6 Å². The smallest absolute Gasteiger partial charge is 0.329 e. The predicted octanol–water partition coefficient (Wildman–Crippen LogP) is 2.65. The Balaban J connectivity index is 2.06. The number of urea groups is 1. The summed E-state index contributed by atoms with van der Waals surface area (Å²) in [7, 11) is 0. The van der Waals surface area contributed by atoms with E-state index in [0.29, 0.717) is 24.1 Å². The van der Waals surface area contributed by atoms with Crippen LogP contribution in [0.3, 0.4) is 0 Å². The maximum absolute atomic E-state index is 13.2. The van der Waals surface area contributed by atoms with E-state index in [4.69, 9.17) is 0 Å². The molecule has 0 saturated heterocycles. The summed E-state index contributed by atoms with van der Waals surface area (Å²) in [5.74, 6) is -1.48. The normalized spacial score (nSPS) is 16.7. The van der Waals surface area contributed by atoms with E-state index in [-0.39, 0.29) is 0 Å². The van der Waals surface area contributed by atoms with Gasteiger partial charge in [0.05, 0.1) is 0 Å². The molecule has 5 nitrogen and oxygen atoms in total. The zero-order valence-corrected chi connectivity index (χ0v) is 11.2. The summed E-state index contributed by atoms with van der Waals surface area (Å²) in [5.41, 5.74) is -0.223. The number of benzene rings is 1. The van der Waals surface area contributed by atoms with Crippen LogP contribution < -0.4 is 10.6 Å². The van der Waals surface area contributed by atoms with Crippen molar-refractivity contribution in [3.63, 3.8) is 0 Å². The number of carbonyl (C=O) groups is 2. The van der Waals surface area contributed by atoms with Crippen molar-refractivity contribution in [1.29, 1.82) is 0 Å². The van der Waals surface area contributed by atoms with Crippen molar-refractivity contribution in [1.82, 2.24) is 5.32 Å². The highest BCUT2D eigenvalue weighted by molar-refractivity contribution is 5.94. The van der Waals surface area contributed by atoms with E-state index in [9.17, 15) is 19.1 Å². The van der Waals surface area contributed by atoms with Crippen LogP contribution in [-0.4, -0.2) is 22.6 Å². The molecule has 0 radical (unpaired) electrons. The minimum Gasteiger partial charge on any atom is -0.480 e. The Hall–Kier alpha value is -2.11. The van der Waals surface area contributed by atoms with Gasteiger partial charge in [0.2, 0.25) is 0 Å². The molecule has 6 heteroatoms. The Kier molecular flexibility index (Phi) is 3.92. The number of amides is 2. The summed E-state index contributed by atoms with van der Waals surface area (Å²) in [4.78, 5) is 23.2. The summed E-state index contributed by atoms with van der Waals surface area (Å²) >= 11 is 0. The number of rotatable bonds is 3. The van der Waals surface area contributed by atoms with Gasteiger partial charge in [-0.15, -0.1) is 0 Å². The lowest BCUT2D eigenvalue weighted by molar-refractivity contribution is -0.144. The Labute approximate surface area is 116 Å². The van der Waals surface area contributed by atoms with Gasteiger partial charge in [-0.1, -0.05) is 12.8 Å². The second-order valence-corrected chi connectivity index (χ2v) is 5.19. The fourth-order valence-electron chi connectivity index (χ4n) is 2.56. The van der Waals surface area contributed by atoms with Crippen LogP contribution >= 0.6 is 0 Å². The molecule has 108 valence electrons. The van der Waals surface area contributed by atoms with E-state index in [1.54, 1.807) is 13.0 Å². The first-order valence-electron chi connectivity index (χ1n) is 6.51. The molecule has 0 atom stereocenters. The maximum Gasteiger partial charge on any atom is 0.329 e. The van der Waals surface area contributed by atoms with Crippen LogP contribution in [0.2, 0.25) is 0 Å². The van der Waals surface area contributed by atoms with Crippen LogP contribution in [0.1, 0.15) is 31.2 Å². The van der Waals surface area contributed by atoms with Gasteiger partial charge < -0.3 is 15.7 Å². The van der Waals surface area contributed by atoms with E-state index < -0.39 is 23.4 Å². The number of hydrogen-bond donors (Lipinski definition) is 3. The molecule has 2 rings (SSSR count). The van der Waals surface area contributed by atoms with Gasteiger partial charge >= 0.3 is 12.0 Å². The number of carboxylic acids is 1. The number of aliphatic carboxylic acids is 1. The fourth-order valence-corrected chi connectivity index (χ4v) is 2.56. The SMILES string of the molecule is Cc1cc(F)cc(NC(=O)NC2(C(=O)O)CCCC2)c1. The highest BCUT2D eigenvalue weighted by atomic mass is 19.1. The van der Waals surface area contributed by atoms with Crippen molar-refractivity contribution >= 4 is 17.7 Å². The summed E-state index contributed by atoms with van der Waals surface area (Å²) in [6.45, 7) is 1.71. The quantitative estimate of drug-likeness (QED) is 0.796. The van der Waals surface area contributed by atoms with Gasteiger partial charge in [-0.3, -0.25) is 0 Å². The predicted molar refractivity (Wildman–Crippen MR) is 72.1 cm³/mol. The zero-order valence-electron chi connectivity index (χ0n) is 11.2. The Morgan fingerprint density at radius 2 is 1.90 bits per heavy atom. The van der Waals surface area contributed by atoms with E-state index in [1.807, 2.05) is 0 Å². The number of halogens is 1. The summed E-state index contributed by atoms with van der Waals surface area (Å²) in [5, 5.41) is 14.2. The number of anilines is 1.